The van der Waals surface area contributed by atoms with Crippen LogP contribution in [0.1, 0.15) is 0 Å². The molecular weight excluding hydrogens is 506 g/mol. The van der Waals surface area contributed by atoms with Crippen molar-refractivity contribution in [2.24, 2.45) is 0 Å². The van der Waals surface area contributed by atoms with Gasteiger partial charge in [0.05, 0.1) is 0 Å². The van der Waals surface area contributed by atoms with Crippen molar-refractivity contribution in [1.29, 1.82) is 0 Å². The molecule has 12 heavy (non-hydrogen) atoms. The molecule has 0 unspecified atom stereocenters. The van der Waals surface area contributed by atoms with Crippen LogP contribution in [-0.2, 0) is 6.81 Å². The standard InChI is InChI=1S/6ClH.Ir.3Na.2H2O/h6*1H;;;;;2*1H2/q;;;;;;+3;3*+1;;/p-6. The number of hydrogen-bond acceptors (Lipinski definition) is 0. The van der Waals surface area contributed by atoms with E-state index in [1.54, 1.807) is 0 Å². The van der Waals surface area contributed by atoms with Gasteiger partial charge in [0.2, 0.25) is 0 Å². The van der Waals surface area contributed by atoms with E-state index in [1.165, 1.54) is 0 Å². The maximum absolute atomic E-state index is 5.33. The third kappa shape index (κ3) is 111. The molecule has 0 aromatic heterocycles. The van der Waals surface area contributed by atoms with Gasteiger partial charge >= 0.3 is 153 Å². The summed E-state index contributed by atoms with van der Waals surface area (Å²) >= 11 is 0. The molecule has 0 aliphatic carbocycles. The molecule has 0 heterocycles. The van der Waals surface area contributed by atoms with E-state index in [1.807, 2.05) is 0 Å². The summed E-state index contributed by atoms with van der Waals surface area (Å²) in [5.41, 5.74) is 0. The van der Waals surface area contributed by atoms with Crippen molar-refractivity contribution in [2.45, 2.75) is 0 Å². The third-order valence-corrected chi connectivity index (χ3v) is 0. The van der Waals surface area contributed by atoms with Gasteiger partial charge in [-0.2, -0.15) is 0 Å². The zero-order valence-corrected chi connectivity index (χ0v) is 19.5. The summed E-state index contributed by atoms with van der Waals surface area (Å²) < 4.78 is 0. The van der Waals surface area contributed by atoms with Gasteiger partial charge in [-0.05, 0) is 0 Å². The third-order valence-electron chi connectivity index (χ3n) is 0. The van der Waals surface area contributed by atoms with E-state index >= 15 is 0 Å². The van der Waals surface area contributed by atoms with Crippen molar-refractivity contribution < 1.29 is 106 Å². The fourth-order valence-electron chi connectivity index (χ4n) is 0. The van der Waals surface area contributed by atoms with Crippen molar-refractivity contribution in [3.05, 3.63) is 0 Å². The van der Waals surface area contributed by atoms with Crippen LogP contribution >= 0.6 is 57.5 Å². The molecule has 2 nitrogen and oxygen atoms in total. The second-order valence-electron chi connectivity index (χ2n) is 0.714. The Bertz CT molecular complexity index is 79.4. The number of rotatable bonds is 0. The Balaban J connectivity index is -0.0000000180. The monoisotopic (exact) mass is 508 g/mol. The van der Waals surface area contributed by atoms with Gasteiger partial charge in [-0.3, -0.25) is 0 Å². The van der Waals surface area contributed by atoms with Crippen LogP contribution in [0.2, 0.25) is 0 Å². The number of halogens is 6. The molecule has 0 atom stereocenters. The molecule has 0 fully saturated rings. The predicted molar refractivity (Wildman–Crippen MR) is 42.3 cm³/mol. The summed E-state index contributed by atoms with van der Waals surface area (Å²) in [6.45, 7) is -5.33. The van der Waals surface area contributed by atoms with Crippen LogP contribution in [0.15, 0.2) is 0 Å². The van der Waals surface area contributed by atoms with Crippen molar-refractivity contribution in [1.82, 2.24) is 0 Å². The first-order chi connectivity index (χ1) is 2.45. The molecule has 0 amide bonds. The smallest absolute Gasteiger partial charge is 1.00 e. The molecule has 0 aliphatic heterocycles. The van der Waals surface area contributed by atoms with Crippen LogP contribution in [0.25, 0.3) is 0 Å². The van der Waals surface area contributed by atoms with E-state index in [2.05, 4.69) is 0 Å². The summed E-state index contributed by atoms with van der Waals surface area (Å²) in [5, 5.41) is 0. The van der Waals surface area contributed by atoms with E-state index in [0.29, 0.717) is 0 Å². The summed E-state index contributed by atoms with van der Waals surface area (Å²) in [4.78, 5) is 0. The van der Waals surface area contributed by atoms with Gasteiger partial charge in [0.1, 0.15) is 0 Å². The van der Waals surface area contributed by atoms with Crippen molar-refractivity contribution in [3.8, 4) is 0 Å². The van der Waals surface area contributed by atoms with Crippen LogP contribution in [0.4, 0.5) is 0 Å². The van der Waals surface area contributed by atoms with Gasteiger partial charge in [-0.25, -0.2) is 0 Å². The van der Waals surface area contributed by atoms with Gasteiger partial charge in [0.25, 0.3) is 0 Å². The maximum Gasteiger partial charge on any atom is 1.00 e. The van der Waals surface area contributed by atoms with Gasteiger partial charge in [-0.1, -0.05) is 0 Å². The first-order valence-electron chi connectivity index (χ1n) is 0.756. The first-order valence-corrected chi connectivity index (χ1v) is 18.6. The molecule has 0 radical (unpaired) electrons. The summed E-state index contributed by atoms with van der Waals surface area (Å²) in [5.74, 6) is 0. The zero-order valence-electron chi connectivity index (χ0n) is 6.60. The quantitative estimate of drug-likeness (QED) is 0.292. The Morgan fingerprint density at radius 3 is 0.500 bits per heavy atom. The minimum absolute atomic E-state index is 0. The average molecular weight is 510 g/mol. The topological polar surface area (TPSA) is 63.0 Å². The van der Waals surface area contributed by atoms with Crippen molar-refractivity contribution in [3.63, 3.8) is 0 Å². The molecular formula is H4Cl6IrNa3O2. The Kier molecular flexibility index (Phi) is 27.8. The van der Waals surface area contributed by atoms with E-state index < -0.39 is 6.81 Å². The van der Waals surface area contributed by atoms with Gasteiger partial charge in [0.15, 0.2) is 0 Å². The molecule has 0 rings (SSSR count). The molecule has 0 saturated heterocycles. The predicted octanol–water partition coefficient (Wildman–Crippen LogP) is -6.50. The Labute approximate surface area is 160 Å². The fraction of sp³-hybridized carbons (Fsp3) is 0. The van der Waals surface area contributed by atoms with E-state index in [-0.39, 0.29) is 99.6 Å². The summed E-state index contributed by atoms with van der Waals surface area (Å²) in [6, 6.07) is 0. The molecule has 70 valence electrons. The van der Waals surface area contributed by atoms with Crippen LogP contribution < -0.4 is 88.7 Å². The van der Waals surface area contributed by atoms with Crippen molar-refractivity contribution >= 4 is 57.5 Å². The average Bonchev–Trinajstić information content (AvgIpc) is 0.592. The van der Waals surface area contributed by atoms with Crippen molar-refractivity contribution in [2.75, 3.05) is 0 Å². The first kappa shape index (κ1) is 36.0. The molecule has 0 aromatic rings. The van der Waals surface area contributed by atoms with Gasteiger partial charge in [0, 0.05) is 0 Å². The van der Waals surface area contributed by atoms with Crippen LogP contribution in [0.5, 0.6) is 0 Å². The van der Waals surface area contributed by atoms with E-state index in [0.717, 1.165) is 0 Å². The second-order valence-corrected chi connectivity index (χ2v) is 52.6. The van der Waals surface area contributed by atoms with E-state index in [9.17, 15) is 0 Å². The summed E-state index contributed by atoms with van der Waals surface area (Å²) in [6.07, 6.45) is 0. The zero-order chi connectivity index (χ0) is 6.41. The molecule has 0 bridgehead atoms. The minimum atomic E-state index is -5.33. The van der Waals surface area contributed by atoms with E-state index in [4.69, 9.17) is 57.5 Å². The Morgan fingerprint density at radius 1 is 0.500 bits per heavy atom. The molecule has 0 aromatic carbocycles. The maximum atomic E-state index is 5.06. The second kappa shape index (κ2) is 9.27. The molecule has 0 saturated carbocycles. The molecule has 0 aliphatic rings. The SMILES string of the molecule is O.O.[Cl][Ir-3]([Cl])([Cl])([Cl])([Cl])[Cl].[Na+].[Na+].[Na+]. The largest absolute Gasteiger partial charge is 1.00 e. The molecule has 4 N–H and O–H groups in total. The normalized spacial score (nSPS) is 13.5. The Hall–Kier alpha value is 5.31. The molecule has 12 heteroatoms. The molecule has 0 spiro atoms. The minimum Gasteiger partial charge on any atom is 1.00 e. The Morgan fingerprint density at radius 2 is 0.500 bits per heavy atom. The van der Waals surface area contributed by atoms with Gasteiger partial charge in [-0.15, -0.1) is 0 Å². The van der Waals surface area contributed by atoms with Gasteiger partial charge < -0.3 is 11.0 Å². The fourth-order valence-corrected chi connectivity index (χ4v) is 0. The number of hydrogen-bond donors (Lipinski definition) is 0. The van der Waals surface area contributed by atoms with Crippen LogP contribution in [-0.4, -0.2) is 11.0 Å². The van der Waals surface area contributed by atoms with Crippen LogP contribution in [0.3, 0.4) is 0 Å². The van der Waals surface area contributed by atoms with Crippen LogP contribution in [0, 0.1) is 0 Å². The summed E-state index contributed by atoms with van der Waals surface area (Å²) in [7, 11) is 30.3.